The lowest BCUT2D eigenvalue weighted by molar-refractivity contribution is -0.130. The fourth-order valence-electron chi connectivity index (χ4n) is 1.49. The molecule has 94 valence electrons. The molecule has 2 nitrogen and oxygen atoms in total. The molecule has 0 atom stereocenters. The molecule has 0 fully saturated rings. The van der Waals surface area contributed by atoms with Gasteiger partial charge in [0.05, 0.1) is 10.0 Å². The predicted molar refractivity (Wildman–Crippen MR) is 72.9 cm³/mol. The summed E-state index contributed by atoms with van der Waals surface area (Å²) in [4.78, 5) is 13.3. The summed E-state index contributed by atoms with van der Waals surface area (Å²) in [6.45, 7) is 4.29. The largest absolute Gasteiger partial charge is 0.335 e. The number of amides is 1. The van der Waals surface area contributed by atoms with E-state index < -0.39 is 0 Å². The molecule has 0 aliphatic carbocycles. The molecule has 0 aliphatic rings. The van der Waals surface area contributed by atoms with Crippen LogP contribution in [0.1, 0.15) is 19.4 Å². The van der Waals surface area contributed by atoms with E-state index in [9.17, 15) is 4.79 Å². The monoisotopic (exact) mass is 293 g/mol. The van der Waals surface area contributed by atoms with Crippen molar-refractivity contribution in [2.75, 3.05) is 5.88 Å². The van der Waals surface area contributed by atoms with Gasteiger partial charge in [0.25, 0.3) is 0 Å². The van der Waals surface area contributed by atoms with E-state index in [1.165, 1.54) is 0 Å². The molecule has 0 unspecified atom stereocenters. The van der Waals surface area contributed by atoms with Gasteiger partial charge in [-0.2, -0.15) is 0 Å². The van der Waals surface area contributed by atoms with Crippen LogP contribution in [0.15, 0.2) is 18.2 Å². The lowest BCUT2D eigenvalue weighted by Gasteiger charge is -2.26. The second-order valence-corrected chi connectivity index (χ2v) is 5.01. The van der Waals surface area contributed by atoms with Gasteiger partial charge in [-0.3, -0.25) is 4.79 Å². The highest BCUT2D eigenvalue weighted by Gasteiger charge is 2.17. The first-order valence-electron chi connectivity index (χ1n) is 5.25. The first-order valence-corrected chi connectivity index (χ1v) is 6.54. The summed E-state index contributed by atoms with van der Waals surface area (Å²) in [6.07, 6.45) is 0. The molecule has 0 spiro atoms. The number of alkyl halides is 1. The molecule has 0 aliphatic heterocycles. The molecule has 1 aromatic rings. The van der Waals surface area contributed by atoms with E-state index in [1.54, 1.807) is 11.0 Å². The van der Waals surface area contributed by atoms with E-state index in [2.05, 4.69) is 0 Å². The summed E-state index contributed by atoms with van der Waals surface area (Å²) in [6, 6.07) is 5.45. The van der Waals surface area contributed by atoms with E-state index in [0.29, 0.717) is 16.6 Å². The zero-order chi connectivity index (χ0) is 13.0. The molecule has 0 radical (unpaired) electrons. The second-order valence-electron chi connectivity index (χ2n) is 3.96. The van der Waals surface area contributed by atoms with E-state index in [1.807, 2.05) is 26.0 Å². The van der Waals surface area contributed by atoms with Gasteiger partial charge in [-0.15, -0.1) is 11.6 Å². The zero-order valence-corrected chi connectivity index (χ0v) is 12.0. The van der Waals surface area contributed by atoms with E-state index in [4.69, 9.17) is 34.8 Å². The molecule has 1 aromatic carbocycles. The topological polar surface area (TPSA) is 20.3 Å². The SMILES string of the molecule is CC(C)N(Cc1cccc(Cl)c1Cl)C(=O)CCl. The number of nitrogens with zero attached hydrogens (tertiary/aromatic N) is 1. The van der Waals surface area contributed by atoms with Crippen molar-refractivity contribution >= 4 is 40.7 Å². The van der Waals surface area contributed by atoms with Gasteiger partial charge in [-0.1, -0.05) is 35.3 Å². The third kappa shape index (κ3) is 3.77. The molecule has 1 rings (SSSR count). The maximum atomic E-state index is 11.7. The predicted octanol–water partition coefficient (Wildman–Crippen LogP) is 3.97. The first-order chi connectivity index (χ1) is 7.97. The van der Waals surface area contributed by atoms with Crippen molar-refractivity contribution in [3.63, 3.8) is 0 Å². The van der Waals surface area contributed by atoms with Crippen molar-refractivity contribution in [2.24, 2.45) is 0 Å². The summed E-state index contributed by atoms with van der Waals surface area (Å²) in [7, 11) is 0. The number of carbonyl (C=O) groups is 1. The van der Waals surface area contributed by atoms with Crippen LogP contribution in [0.4, 0.5) is 0 Å². The number of halogens is 3. The molecule has 0 saturated heterocycles. The van der Waals surface area contributed by atoms with Gasteiger partial charge in [0, 0.05) is 12.6 Å². The van der Waals surface area contributed by atoms with Gasteiger partial charge in [0.15, 0.2) is 0 Å². The minimum atomic E-state index is -0.113. The van der Waals surface area contributed by atoms with Crippen LogP contribution in [-0.4, -0.2) is 22.7 Å². The molecule has 5 heteroatoms. The van der Waals surface area contributed by atoms with Crippen LogP contribution in [0.25, 0.3) is 0 Å². The number of hydrogen-bond acceptors (Lipinski definition) is 1. The number of hydrogen-bond donors (Lipinski definition) is 0. The molecule has 0 saturated carbocycles. The fraction of sp³-hybridized carbons (Fsp3) is 0.417. The highest BCUT2D eigenvalue weighted by Crippen LogP contribution is 2.27. The lowest BCUT2D eigenvalue weighted by Crippen LogP contribution is -2.37. The maximum Gasteiger partial charge on any atom is 0.238 e. The Bertz CT molecular complexity index is 407. The van der Waals surface area contributed by atoms with Crippen LogP contribution in [0.3, 0.4) is 0 Å². The third-order valence-corrected chi connectivity index (χ3v) is 3.52. The van der Waals surface area contributed by atoms with Crippen molar-refractivity contribution < 1.29 is 4.79 Å². The van der Waals surface area contributed by atoms with Gasteiger partial charge in [0.2, 0.25) is 5.91 Å². The van der Waals surface area contributed by atoms with Crippen LogP contribution >= 0.6 is 34.8 Å². The van der Waals surface area contributed by atoms with E-state index >= 15 is 0 Å². The Balaban J connectivity index is 2.94. The van der Waals surface area contributed by atoms with Gasteiger partial charge >= 0.3 is 0 Å². The third-order valence-electron chi connectivity index (χ3n) is 2.43. The summed E-state index contributed by atoms with van der Waals surface area (Å²) < 4.78 is 0. The zero-order valence-electron chi connectivity index (χ0n) is 9.71. The Morgan fingerprint density at radius 2 is 2.00 bits per heavy atom. The Labute approximate surface area is 116 Å². The lowest BCUT2D eigenvalue weighted by atomic mass is 10.2. The normalized spacial score (nSPS) is 10.7. The molecule has 0 aromatic heterocycles. The molecule has 0 N–H and O–H groups in total. The quantitative estimate of drug-likeness (QED) is 0.770. The number of carbonyl (C=O) groups excluding carboxylic acids is 1. The average Bonchev–Trinajstić information content (AvgIpc) is 2.29. The second kappa shape index (κ2) is 6.48. The minimum absolute atomic E-state index is 0.0314. The van der Waals surface area contributed by atoms with Crippen molar-refractivity contribution in [1.29, 1.82) is 0 Å². The minimum Gasteiger partial charge on any atom is -0.335 e. The average molecular weight is 295 g/mol. The standard InChI is InChI=1S/C12H14Cl3NO/c1-8(2)16(11(17)6-13)7-9-4-3-5-10(14)12(9)15/h3-5,8H,6-7H2,1-2H3. The van der Waals surface area contributed by atoms with Crippen molar-refractivity contribution in [2.45, 2.75) is 26.4 Å². The molecule has 1 amide bonds. The molecular formula is C12H14Cl3NO. The maximum absolute atomic E-state index is 11.7. The van der Waals surface area contributed by atoms with Crippen LogP contribution in [0, 0.1) is 0 Å². The van der Waals surface area contributed by atoms with Crippen molar-refractivity contribution in [3.05, 3.63) is 33.8 Å². The van der Waals surface area contributed by atoms with Crippen molar-refractivity contribution in [1.82, 2.24) is 4.90 Å². The van der Waals surface area contributed by atoms with Crippen molar-refractivity contribution in [3.8, 4) is 0 Å². The van der Waals surface area contributed by atoms with Gasteiger partial charge in [0.1, 0.15) is 5.88 Å². The van der Waals surface area contributed by atoms with Crippen LogP contribution in [-0.2, 0) is 11.3 Å². The molecular weight excluding hydrogens is 280 g/mol. The molecule has 0 bridgehead atoms. The van der Waals surface area contributed by atoms with Gasteiger partial charge < -0.3 is 4.90 Å². The summed E-state index contributed by atoms with van der Waals surface area (Å²) in [5.41, 5.74) is 0.825. The van der Waals surface area contributed by atoms with E-state index in [-0.39, 0.29) is 17.8 Å². The van der Waals surface area contributed by atoms with Gasteiger partial charge in [-0.05, 0) is 25.5 Å². The Hall–Kier alpha value is -0.440. The van der Waals surface area contributed by atoms with Gasteiger partial charge in [-0.25, -0.2) is 0 Å². The molecule has 17 heavy (non-hydrogen) atoms. The van der Waals surface area contributed by atoms with Crippen LogP contribution in [0.5, 0.6) is 0 Å². The highest BCUT2D eigenvalue weighted by molar-refractivity contribution is 6.42. The Kier molecular flexibility index (Phi) is 5.57. The van der Waals surface area contributed by atoms with E-state index in [0.717, 1.165) is 5.56 Å². The highest BCUT2D eigenvalue weighted by atomic mass is 35.5. The summed E-state index contributed by atoms with van der Waals surface area (Å²) in [5, 5.41) is 0.980. The first kappa shape index (κ1) is 14.6. The fourth-order valence-corrected chi connectivity index (χ4v) is 2.02. The van der Waals surface area contributed by atoms with Crippen LogP contribution < -0.4 is 0 Å². The Morgan fingerprint density at radius 3 is 2.53 bits per heavy atom. The number of benzene rings is 1. The summed E-state index contributed by atoms with van der Waals surface area (Å²) in [5.74, 6) is -0.145. The smallest absolute Gasteiger partial charge is 0.238 e. The van der Waals surface area contributed by atoms with Crippen LogP contribution in [0.2, 0.25) is 10.0 Å². The summed E-state index contributed by atoms with van der Waals surface area (Å²) >= 11 is 17.6. The Morgan fingerprint density at radius 1 is 1.35 bits per heavy atom. The number of rotatable bonds is 4. The molecule has 0 heterocycles.